The van der Waals surface area contributed by atoms with Crippen molar-refractivity contribution in [2.45, 2.75) is 13.0 Å². The van der Waals surface area contributed by atoms with Crippen LogP contribution in [0.25, 0.3) is 0 Å². The lowest BCUT2D eigenvalue weighted by atomic mass is 10.2. The maximum Gasteiger partial charge on any atom is 0.378 e. The van der Waals surface area contributed by atoms with Crippen LogP contribution >= 0.6 is 15.9 Å². The maximum absolute atomic E-state index is 12.5. The van der Waals surface area contributed by atoms with Crippen LogP contribution in [0.1, 0.15) is 17.7 Å². The van der Waals surface area contributed by atoms with E-state index in [9.17, 15) is 18.9 Å². The number of halogens is 3. The van der Waals surface area contributed by atoms with Crippen molar-refractivity contribution in [2.24, 2.45) is 5.73 Å². The van der Waals surface area contributed by atoms with E-state index in [0.29, 0.717) is 0 Å². The SMILES string of the molecule is NCc1cc(C(F)F)c(Br)c([N+](=O)[O-])n1. The van der Waals surface area contributed by atoms with E-state index in [1.54, 1.807) is 0 Å². The molecule has 0 radical (unpaired) electrons. The highest BCUT2D eigenvalue weighted by molar-refractivity contribution is 9.10. The van der Waals surface area contributed by atoms with Gasteiger partial charge in [-0.15, -0.1) is 0 Å². The second kappa shape index (κ2) is 4.58. The fourth-order valence-corrected chi connectivity index (χ4v) is 1.49. The summed E-state index contributed by atoms with van der Waals surface area (Å²) in [5.74, 6) is -0.645. The van der Waals surface area contributed by atoms with Crippen LogP contribution in [0.5, 0.6) is 0 Å². The lowest BCUT2D eigenvalue weighted by Crippen LogP contribution is -2.05. The number of alkyl halides is 2. The van der Waals surface area contributed by atoms with Crippen molar-refractivity contribution in [1.82, 2.24) is 4.98 Å². The molecule has 2 N–H and O–H groups in total. The van der Waals surface area contributed by atoms with Crippen LogP contribution in [0.4, 0.5) is 14.6 Å². The Hall–Kier alpha value is -1.15. The fourth-order valence-electron chi connectivity index (χ4n) is 0.974. The highest BCUT2D eigenvalue weighted by atomic mass is 79.9. The molecule has 8 heteroatoms. The number of aromatic nitrogens is 1. The Labute approximate surface area is 91.6 Å². The van der Waals surface area contributed by atoms with Gasteiger partial charge < -0.3 is 15.8 Å². The molecule has 0 bridgehead atoms. The highest BCUT2D eigenvalue weighted by Crippen LogP contribution is 2.33. The Morgan fingerprint density at radius 2 is 2.27 bits per heavy atom. The van der Waals surface area contributed by atoms with E-state index in [-0.39, 0.29) is 16.7 Å². The molecule has 1 rings (SSSR count). The van der Waals surface area contributed by atoms with Gasteiger partial charge in [-0.1, -0.05) is 0 Å². The molecule has 0 aromatic carbocycles. The predicted octanol–water partition coefficient (Wildman–Crippen LogP) is 2.15. The van der Waals surface area contributed by atoms with E-state index in [0.717, 1.165) is 6.07 Å². The van der Waals surface area contributed by atoms with Crippen molar-refractivity contribution in [1.29, 1.82) is 0 Å². The van der Waals surface area contributed by atoms with E-state index in [1.807, 2.05) is 0 Å². The van der Waals surface area contributed by atoms with Crippen molar-refractivity contribution in [2.75, 3.05) is 0 Å². The number of pyridine rings is 1. The number of hydrogen-bond acceptors (Lipinski definition) is 4. The number of nitrogens with zero attached hydrogens (tertiary/aromatic N) is 2. The van der Waals surface area contributed by atoms with Crippen molar-refractivity contribution < 1.29 is 13.7 Å². The van der Waals surface area contributed by atoms with Crippen LogP contribution in [0.3, 0.4) is 0 Å². The molecular formula is C7H6BrF2N3O2. The topological polar surface area (TPSA) is 82.0 Å². The van der Waals surface area contributed by atoms with Crippen molar-refractivity contribution in [3.05, 3.63) is 31.9 Å². The average Bonchev–Trinajstić information content (AvgIpc) is 2.17. The van der Waals surface area contributed by atoms with Gasteiger partial charge in [-0.25, -0.2) is 8.78 Å². The Morgan fingerprint density at radius 1 is 1.67 bits per heavy atom. The summed E-state index contributed by atoms with van der Waals surface area (Å²) in [5.41, 5.74) is 4.77. The zero-order chi connectivity index (χ0) is 11.6. The molecule has 1 aromatic heterocycles. The van der Waals surface area contributed by atoms with Gasteiger partial charge in [-0.3, -0.25) is 0 Å². The van der Waals surface area contributed by atoms with E-state index in [4.69, 9.17) is 5.73 Å². The molecule has 0 unspecified atom stereocenters. The number of hydrogen-bond donors (Lipinski definition) is 1. The summed E-state index contributed by atoms with van der Waals surface area (Å²) in [7, 11) is 0. The van der Waals surface area contributed by atoms with E-state index >= 15 is 0 Å². The lowest BCUT2D eigenvalue weighted by molar-refractivity contribution is -0.390. The minimum absolute atomic E-state index is 0.0557. The highest BCUT2D eigenvalue weighted by Gasteiger charge is 2.24. The standard InChI is InChI=1S/C7H6BrF2N3O2/c8-5-4(6(9)10)1-3(2-11)12-7(5)13(14)15/h1,6H,2,11H2. The second-order valence-corrected chi connectivity index (χ2v) is 3.40. The molecule has 0 saturated carbocycles. The quantitative estimate of drug-likeness (QED) is 0.680. The van der Waals surface area contributed by atoms with Gasteiger partial charge in [0.25, 0.3) is 6.43 Å². The molecule has 0 spiro atoms. The first kappa shape index (κ1) is 11.9. The summed E-state index contributed by atoms with van der Waals surface area (Å²) in [6, 6.07) is 1.04. The average molecular weight is 282 g/mol. The Morgan fingerprint density at radius 3 is 2.67 bits per heavy atom. The number of nitrogens with two attached hydrogens (primary N) is 1. The van der Waals surface area contributed by atoms with Crippen LogP contribution in [-0.4, -0.2) is 9.91 Å². The third-order valence-electron chi connectivity index (χ3n) is 1.64. The van der Waals surface area contributed by atoms with Gasteiger partial charge in [-0.05, 0) is 31.9 Å². The van der Waals surface area contributed by atoms with Gasteiger partial charge in [0.05, 0.1) is 6.54 Å². The third kappa shape index (κ3) is 2.45. The minimum Gasteiger partial charge on any atom is -0.358 e. The van der Waals surface area contributed by atoms with Crippen molar-refractivity contribution in [3.63, 3.8) is 0 Å². The molecular weight excluding hydrogens is 276 g/mol. The molecule has 0 aliphatic rings. The smallest absolute Gasteiger partial charge is 0.358 e. The second-order valence-electron chi connectivity index (χ2n) is 2.60. The molecule has 0 saturated heterocycles. The van der Waals surface area contributed by atoms with Gasteiger partial charge in [0.15, 0.2) is 5.69 Å². The Kier molecular flexibility index (Phi) is 3.64. The zero-order valence-corrected chi connectivity index (χ0v) is 8.87. The molecule has 5 nitrogen and oxygen atoms in total. The lowest BCUT2D eigenvalue weighted by Gasteiger charge is -2.04. The molecule has 1 heterocycles. The van der Waals surface area contributed by atoms with Gasteiger partial charge >= 0.3 is 5.82 Å². The maximum atomic E-state index is 12.5. The van der Waals surface area contributed by atoms with E-state index in [1.165, 1.54) is 0 Å². The van der Waals surface area contributed by atoms with Gasteiger partial charge in [0.2, 0.25) is 0 Å². The summed E-state index contributed by atoms with van der Waals surface area (Å²) < 4.78 is 24.6. The van der Waals surface area contributed by atoms with Gasteiger partial charge in [-0.2, -0.15) is 0 Å². The van der Waals surface area contributed by atoms with Gasteiger partial charge in [0, 0.05) is 5.56 Å². The molecule has 0 aliphatic carbocycles. The minimum atomic E-state index is -2.81. The van der Waals surface area contributed by atoms with Crippen molar-refractivity contribution >= 4 is 21.7 Å². The summed E-state index contributed by atoms with van der Waals surface area (Å²) >= 11 is 2.72. The molecule has 15 heavy (non-hydrogen) atoms. The largest absolute Gasteiger partial charge is 0.378 e. The normalized spacial score (nSPS) is 10.7. The van der Waals surface area contributed by atoms with Crippen molar-refractivity contribution in [3.8, 4) is 0 Å². The van der Waals surface area contributed by atoms with Crippen LogP contribution in [0.15, 0.2) is 10.5 Å². The number of rotatable bonds is 3. The summed E-state index contributed by atoms with van der Waals surface area (Å²) in [6.45, 7) is -0.131. The Bertz CT molecular complexity index is 400. The van der Waals surface area contributed by atoms with Crippen LogP contribution in [0.2, 0.25) is 0 Å². The summed E-state index contributed by atoms with van der Waals surface area (Å²) in [4.78, 5) is 13.2. The zero-order valence-electron chi connectivity index (χ0n) is 7.28. The van der Waals surface area contributed by atoms with Gasteiger partial charge in [0.1, 0.15) is 4.47 Å². The first-order valence-corrected chi connectivity index (χ1v) is 4.58. The van der Waals surface area contributed by atoms with E-state index in [2.05, 4.69) is 20.9 Å². The van der Waals surface area contributed by atoms with Crippen LogP contribution in [0, 0.1) is 10.1 Å². The molecule has 0 fully saturated rings. The molecule has 0 atom stereocenters. The van der Waals surface area contributed by atoms with Crippen LogP contribution < -0.4 is 5.73 Å². The summed E-state index contributed by atoms with van der Waals surface area (Å²) in [5, 5.41) is 10.5. The third-order valence-corrected chi connectivity index (χ3v) is 2.45. The monoisotopic (exact) mass is 281 g/mol. The summed E-state index contributed by atoms with van der Waals surface area (Å²) in [6.07, 6.45) is -2.81. The fraction of sp³-hybridized carbons (Fsp3) is 0.286. The first-order chi connectivity index (χ1) is 6.97. The molecule has 1 aromatic rings. The molecule has 0 amide bonds. The van der Waals surface area contributed by atoms with Crippen LogP contribution in [-0.2, 0) is 6.54 Å². The number of nitro groups is 1. The Balaban J connectivity index is 3.40. The first-order valence-electron chi connectivity index (χ1n) is 3.79. The predicted molar refractivity (Wildman–Crippen MR) is 51.4 cm³/mol. The van der Waals surface area contributed by atoms with E-state index < -0.39 is 22.7 Å². The molecule has 0 aliphatic heterocycles. The molecule has 82 valence electrons.